The Morgan fingerprint density at radius 2 is 1.85 bits per heavy atom. The van der Waals surface area contributed by atoms with Gasteiger partial charge in [0.1, 0.15) is 11.3 Å². The molecule has 0 radical (unpaired) electrons. The molecule has 5 rings (SSSR count). The smallest absolute Gasteiger partial charge is 0.259 e. The van der Waals surface area contributed by atoms with Gasteiger partial charge in [-0.25, -0.2) is 0 Å². The van der Waals surface area contributed by atoms with Gasteiger partial charge >= 0.3 is 0 Å². The third-order valence-electron chi connectivity index (χ3n) is 7.65. The van der Waals surface area contributed by atoms with Gasteiger partial charge in [0, 0.05) is 39.3 Å². The summed E-state index contributed by atoms with van der Waals surface area (Å²) in [6, 6.07) is 10.2. The van der Waals surface area contributed by atoms with E-state index in [1.807, 2.05) is 30.0 Å². The molecule has 3 unspecified atom stereocenters. The van der Waals surface area contributed by atoms with Crippen LogP contribution in [0, 0.1) is 31.6 Å². The van der Waals surface area contributed by atoms with Crippen LogP contribution in [0.15, 0.2) is 34.9 Å². The van der Waals surface area contributed by atoms with Gasteiger partial charge in [-0.2, -0.15) is 0 Å². The summed E-state index contributed by atoms with van der Waals surface area (Å²) in [5.74, 6) is 1.67. The highest BCUT2D eigenvalue weighted by atomic mass is 16.5. The fourth-order valence-corrected chi connectivity index (χ4v) is 5.74. The topological polar surface area (TPSA) is 87.9 Å². The van der Waals surface area contributed by atoms with Crippen LogP contribution in [0.2, 0.25) is 0 Å². The zero-order chi connectivity index (χ0) is 23.7. The average molecular weight is 467 g/mol. The number of amides is 2. The molecule has 0 bridgehead atoms. The number of aryl methyl sites for hydroxylation is 2. The van der Waals surface area contributed by atoms with E-state index >= 15 is 0 Å². The third kappa shape index (κ3) is 4.74. The zero-order valence-electron chi connectivity index (χ0n) is 20.0. The minimum atomic E-state index is -0.0430. The number of benzene rings is 1. The molecule has 0 spiro atoms. The summed E-state index contributed by atoms with van der Waals surface area (Å²) in [6.45, 7) is 9.27. The Morgan fingerprint density at radius 1 is 1.12 bits per heavy atom. The van der Waals surface area contributed by atoms with Gasteiger partial charge in [0.25, 0.3) is 5.91 Å². The Kier molecular flexibility index (Phi) is 6.70. The second-order valence-corrected chi connectivity index (χ2v) is 10.0. The van der Waals surface area contributed by atoms with Gasteiger partial charge in [-0.15, -0.1) is 0 Å². The molecule has 0 saturated carbocycles. The number of hydrogen-bond donors (Lipinski definition) is 1. The van der Waals surface area contributed by atoms with Crippen molar-refractivity contribution < 1.29 is 18.8 Å². The van der Waals surface area contributed by atoms with Crippen molar-refractivity contribution in [3.63, 3.8) is 0 Å². The van der Waals surface area contributed by atoms with Gasteiger partial charge in [0.2, 0.25) is 5.91 Å². The number of ether oxygens (including phenoxy) is 1. The molecule has 182 valence electrons. The maximum atomic E-state index is 13.0. The molecule has 3 fully saturated rings. The molecular formula is C26H34N4O4. The number of rotatable bonds is 7. The molecule has 4 atom stereocenters. The molecule has 8 nitrogen and oxygen atoms in total. The second kappa shape index (κ2) is 9.88. The van der Waals surface area contributed by atoms with E-state index in [4.69, 9.17) is 9.26 Å². The maximum absolute atomic E-state index is 13.0. The molecule has 3 aliphatic rings. The molecule has 4 heterocycles. The first-order valence-corrected chi connectivity index (χ1v) is 12.4. The Bertz CT molecular complexity index is 984. The summed E-state index contributed by atoms with van der Waals surface area (Å²) in [4.78, 5) is 30.2. The predicted molar refractivity (Wildman–Crippen MR) is 126 cm³/mol. The molecule has 2 aromatic rings. The summed E-state index contributed by atoms with van der Waals surface area (Å²) in [5.41, 5.74) is 2.43. The Morgan fingerprint density at radius 3 is 2.47 bits per heavy atom. The van der Waals surface area contributed by atoms with Gasteiger partial charge in [-0.3, -0.25) is 9.59 Å². The summed E-state index contributed by atoms with van der Waals surface area (Å²) < 4.78 is 10.6. The third-order valence-corrected chi connectivity index (χ3v) is 7.65. The summed E-state index contributed by atoms with van der Waals surface area (Å²) >= 11 is 0. The molecule has 2 amide bonds. The van der Waals surface area contributed by atoms with Crippen LogP contribution in [0.3, 0.4) is 0 Å². The van der Waals surface area contributed by atoms with Crippen molar-refractivity contribution in [3.8, 4) is 0 Å². The normalized spacial score (nSPS) is 25.5. The van der Waals surface area contributed by atoms with Crippen molar-refractivity contribution in [2.75, 3.05) is 45.9 Å². The average Bonchev–Trinajstić information content (AvgIpc) is 3.61. The first-order valence-electron chi connectivity index (χ1n) is 12.4. The van der Waals surface area contributed by atoms with Gasteiger partial charge in [-0.1, -0.05) is 35.5 Å². The van der Waals surface area contributed by atoms with Gasteiger partial charge < -0.3 is 24.4 Å². The van der Waals surface area contributed by atoms with Crippen molar-refractivity contribution in [1.82, 2.24) is 20.3 Å². The number of aromatic nitrogens is 1. The summed E-state index contributed by atoms with van der Waals surface area (Å²) in [6.07, 6.45) is 1.66. The van der Waals surface area contributed by atoms with E-state index in [9.17, 15) is 9.59 Å². The highest BCUT2D eigenvalue weighted by Crippen LogP contribution is 2.33. The molecule has 1 aromatic heterocycles. The van der Waals surface area contributed by atoms with Crippen molar-refractivity contribution >= 4 is 11.8 Å². The minimum absolute atomic E-state index is 0.00708. The van der Waals surface area contributed by atoms with Crippen LogP contribution < -0.4 is 5.32 Å². The lowest BCUT2D eigenvalue weighted by Crippen LogP contribution is -2.37. The zero-order valence-corrected chi connectivity index (χ0v) is 20.0. The van der Waals surface area contributed by atoms with E-state index < -0.39 is 0 Å². The van der Waals surface area contributed by atoms with Crippen molar-refractivity contribution in [3.05, 3.63) is 52.9 Å². The quantitative estimate of drug-likeness (QED) is 0.675. The van der Waals surface area contributed by atoms with E-state index in [-0.39, 0.29) is 23.8 Å². The van der Waals surface area contributed by atoms with Crippen molar-refractivity contribution in [1.29, 1.82) is 0 Å². The highest BCUT2D eigenvalue weighted by Gasteiger charge is 2.42. The molecule has 8 heteroatoms. The number of likely N-dealkylation sites (tertiary alicyclic amines) is 2. The lowest BCUT2D eigenvalue weighted by molar-refractivity contribution is -0.125. The van der Waals surface area contributed by atoms with Gasteiger partial charge in [0.15, 0.2) is 0 Å². The van der Waals surface area contributed by atoms with E-state index in [2.05, 4.69) is 27.5 Å². The fraction of sp³-hybridized carbons (Fsp3) is 0.577. The number of carbonyl (C=O) groups is 2. The number of fused-ring (bicyclic) bond motifs is 1. The van der Waals surface area contributed by atoms with Crippen LogP contribution in [0.5, 0.6) is 0 Å². The Labute approximate surface area is 200 Å². The van der Waals surface area contributed by atoms with Crippen LogP contribution in [0.4, 0.5) is 0 Å². The largest absolute Gasteiger partial charge is 0.381 e. The highest BCUT2D eigenvalue weighted by molar-refractivity contribution is 5.96. The fourth-order valence-electron chi connectivity index (χ4n) is 5.74. The monoisotopic (exact) mass is 466 g/mol. The number of nitrogens with one attached hydrogen (secondary N) is 1. The molecule has 3 saturated heterocycles. The molecule has 1 N–H and O–H groups in total. The van der Waals surface area contributed by atoms with Gasteiger partial charge in [0.05, 0.1) is 24.3 Å². The number of hydrogen-bond acceptors (Lipinski definition) is 6. The van der Waals surface area contributed by atoms with E-state index in [0.717, 1.165) is 51.1 Å². The van der Waals surface area contributed by atoms with Crippen molar-refractivity contribution in [2.24, 2.45) is 17.8 Å². The van der Waals surface area contributed by atoms with Crippen LogP contribution in [-0.2, 0) is 9.53 Å². The van der Waals surface area contributed by atoms with E-state index in [1.165, 1.54) is 0 Å². The van der Waals surface area contributed by atoms with E-state index in [1.54, 1.807) is 6.92 Å². The van der Waals surface area contributed by atoms with Gasteiger partial charge in [-0.05, 0) is 44.1 Å². The Hall–Kier alpha value is -2.71. The van der Waals surface area contributed by atoms with Crippen LogP contribution in [0.1, 0.15) is 46.3 Å². The van der Waals surface area contributed by atoms with Crippen molar-refractivity contribution in [2.45, 2.75) is 32.7 Å². The maximum Gasteiger partial charge on any atom is 0.259 e. The minimum Gasteiger partial charge on any atom is -0.381 e. The number of carbonyl (C=O) groups excluding carboxylic acids is 2. The van der Waals surface area contributed by atoms with Crippen LogP contribution in [-0.4, -0.2) is 72.7 Å². The SMILES string of the molecule is Cc1noc(C)c1C(=O)N1CC2CN(CCC(NC(=O)C3CCOC3)c3ccccc3)C[C@H]2C1. The second-order valence-electron chi connectivity index (χ2n) is 10.0. The lowest BCUT2D eigenvalue weighted by Gasteiger charge is -2.25. The first-order chi connectivity index (χ1) is 16.5. The number of nitrogens with zero attached hydrogens (tertiary/aromatic N) is 3. The van der Waals surface area contributed by atoms with Crippen LogP contribution in [0.25, 0.3) is 0 Å². The molecule has 3 aliphatic heterocycles. The summed E-state index contributed by atoms with van der Waals surface area (Å²) in [7, 11) is 0. The molecular weight excluding hydrogens is 432 g/mol. The molecule has 34 heavy (non-hydrogen) atoms. The van der Waals surface area contributed by atoms with Crippen LogP contribution >= 0.6 is 0 Å². The summed E-state index contributed by atoms with van der Waals surface area (Å²) in [5, 5.41) is 7.22. The predicted octanol–water partition coefficient (Wildman–Crippen LogP) is 2.58. The molecule has 0 aliphatic carbocycles. The Balaban J connectivity index is 1.16. The van der Waals surface area contributed by atoms with E-state index in [0.29, 0.717) is 42.1 Å². The lowest BCUT2D eigenvalue weighted by atomic mass is 10.0. The first kappa shape index (κ1) is 23.1. The molecule has 1 aromatic carbocycles. The standard InChI is InChI=1S/C26H34N4O4/c1-17-24(18(2)34-28-17)26(32)30-14-21-12-29(13-22(21)15-30)10-8-23(19-6-4-3-5-7-19)27-25(31)20-9-11-33-16-20/h3-7,20-23H,8-16H2,1-2H3,(H,27,31)/t20?,21-,22?,23?/m0/s1.